The molecular formula is C12H8N4O3S. The van der Waals surface area contributed by atoms with Crippen LogP contribution in [0.3, 0.4) is 0 Å². The van der Waals surface area contributed by atoms with Crippen molar-refractivity contribution >= 4 is 29.3 Å². The quantitative estimate of drug-likeness (QED) is 0.825. The molecule has 1 aromatic carbocycles. The molecule has 3 rings (SSSR count). The molecule has 0 spiro atoms. The van der Waals surface area contributed by atoms with Gasteiger partial charge in [0.1, 0.15) is 4.88 Å². The van der Waals surface area contributed by atoms with Crippen LogP contribution in [0, 0.1) is 6.92 Å². The Balaban J connectivity index is 1.87. The van der Waals surface area contributed by atoms with Crippen LogP contribution in [-0.2, 0) is 0 Å². The summed E-state index contributed by atoms with van der Waals surface area (Å²) in [5.74, 6) is -1.67. The highest BCUT2D eigenvalue weighted by molar-refractivity contribution is 7.08. The number of fused-ring (bicyclic) bond motifs is 1. The van der Waals surface area contributed by atoms with Gasteiger partial charge in [0, 0.05) is 0 Å². The number of hydrogen-bond donors (Lipinski definition) is 1. The summed E-state index contributed by atoms with van der Waals surface area (Å²) >= 11 is 0.905. The minimum absolute atomic E-state index is 0.265. The molecule has 3 amide bonds. The molecule has 0 saturated carbocycles. The van der Waals surface area contributed by atoms with E-state index in [1.165, 1.54) is 0 Å². The Labute approximate surface area is 117 Å². The van der Waals surface area contributed by atoms with Crippen molar-refractivity contribution in [1.29, 1.82) is 0 Å². The lowest BCUT2D eigenvalue weighted by molar-refractivity contribution is 0.0519. The van der Waals surface area contributed by atoms with Crippen LogP contribution in [0.1, 0.15) is 36.1 Å². The molecule has 0 bridgehead atoms. The molecule has 0 aliphatic carbocycles. The van der Waals surface area contributed by atoms with Gasteiger partial charge >= 0.3 is 0 Å². The summed E-state index contributed by atoms with van der Waals surface area (Å²) in [4.78, 5) is 36.4. The highest BCUT2D eigenvalue weighted by Gasteiger charge is 2.37. The highest BCUT2D eigenvalue weighted by atomic mass is 32.1. The van der Waals surface area contributed by atoms with Gasteiger partial charge in [-0.15, -0.1) is 5.10 Å². The topological polar surface area (TPSA) is 92.3 Å². The first-order chi connectivity index (χ1) is 9.59. The lowest BCUT2D eigenvalue weighted by Crippen LogP contribution is -2.45. The van der Waals surface area contributed by atoms with E-state index in [1.54, 1.807) is 31.2 Å². The molecule has 7 nitrogen and oxygen atoms in total. The predicted octanol–water partition coefficient (Wildman–Crippen LogP) is 0.788. The normalized spacial score (nSPS) is 13.6. The fourth-order valence-corrected chi connectivity index (χ4v) is 2.43. The Hall–Kier alpha value is -2.61. The molecule has 1 aromatic heterocycles. The van der Waals surface area contributed by atoms with Gasteiger partial charge in [0.15, 0.2) is 0 Å². The molecule has 2 heterocycles. The fourth-order valence-electron chi connectivity index (χ4n) is 1.88. The lowest BCUT2D eigenvalue weighted by Gasteiger charge is -2.14. The molecule has 100 valence electrons. The molecule has 1 N–H and O–H groups in total. The molecule has 2 aromatic rings. The van der Waals surface area contributed by atoms with Crippen molar-refractivity contribution in [2.24, 2.45) is 0 Å². The summed E-state index contributed by atoms with van der Waals surface area (Å²) in [5.41, 5.74) is 3.29. The van der Waals surface area contributed by atoms with Gasteiger partial charge in [-0.25, -0.2) is 0 Å². The van der Waals surface area contributed by atoms with Crippen LogP contribution in [0.5, 0.6) is 0 Å². The van der Waals surface area contributed by atoms with Crippen molar-refractivity contribution in [1.82, 2.24) is 20.0 Å². The number of aryl methyl sites for hydroxylation is 1. The molecular weight excluding hydrogens is 280 g/mol. The van der Waals surface area contributed by atoms with Crippen LogP contribution in [0.2, 0.25) is 0 Å². The number of amides is 3. The SMILES string of the molecule is Cc1nnsc1C(=O)NN1C(=O)c2ccccc2C1=O. The average Bonchev–Trinajstić information content (AvgIpc) is 2.97. The maximum Gasteiger partial charge on any atom is 0.283 e. The average molecular weight is 288 g/mol. The second kappa shape index (κ2) is 4.49. The molecule has 0 radical (unpaired) electrons. The first-order valence-corrected chi connectivity index (χ1v) is 6.44. The lowest BCUT2D eigenvalue weighted by atomic mass is 10.1. The Morgan fingerprint density at radius 1 is 1.20 bits per heavy atom. The number of imide groups is 1. The largest absolute Gasteiger partial charge is 0.283 e. The third kappa shape index (κ3) is 1.77. The van der Waals surface area contributed by atoms with Crippen molar-refractivity contribution in [3.05, 3.63) is 46.0 Å². The maximum atomic E-state index is 12.1. The zero-order valence-corrected chi connectivity index (χ0v) is 11.1. The molecule has 0 saturated heterocycles. The highest BCUT2D eigenvalue weighted by Crippen LogP contribution is 2.21. The van der Waals surface area contributed by atoms with Gasteiger partial charge in [0.05, 0.1) is 16.8 Å². The number of nitrogens with one attached hydrogen (secondary N) is 1. The first-order valence-electron chi connectivity index (χ1n) is 5.67. The number of hydrogen-bond acceptors (Lipinski definition) is 6. The number of benzene rings is 1. The van der Waals surface area contributed by atoms with Gasteiger partial charge in [0.2, 0.25) is 0 Å². The van der Waals surface area contributed by atoms with E-state index in [0.29, 0.717) is 10.7 Å². The Bertz CT molecular complexity index is 705. The van der Waals surface area contributed by atoms with Gasteiger partial charge in [-0.2, -0.15) is 5.01 Å². The van der Waals surface area contributed by atoms with E-state index >= 15 is 0 Å². The summed E-state index contributed by atoms with van der Waals surface area (Å²) in [7, 11) is 0. The van der Waals surface area contributed by atoms with Crippen LogP contribution >= 0.6 is 11.5 Å². The summed E-state index contributed by atoms with van der Waals surface area (Å²) in [6, 6.07) is 6.40. The number of aromatic nitrogens is 2. The van der Waals surface area contributed by atoms with E-state index in [-0.39, 0.29) is 16.0 Å². The maximum absolute atomic E-state index is 12.1. The number of rotatable bonds is 2. The van der Waals surface area contributed by atoms with Crippen molar-refractivity contribution in [2.45, 2.75) is 6.92 Å². The summed E-state index contributed by atoms with van der Waals surface area (Å²) in [6.45, 7) is 1.63. The molecule has 1 aliphatic heterocycles. The van der Waals surface area contributed by atoms with Gasteiger partial charge in [-0.05, 0) is 30.6 Å². The van der Waals surface area contributed by atoms with Crippen LogP contribution in [0.4, 0.5) is 0 Å². The standard InChI is InChI=1S/C12H8N4O3S/c1-6-9(20-15-13-6)10(17)14-16-11(18)7-4-2-3-5-8(7)12(16)19/h2-5H,1H3,(H,14,17). The number of hydrazine groups is 1. The van der Waals surface area contributed by atoms with Gasteiger partial charge in [0.25, 0.3) is 17.7 Å². The third-order valence-corrected chi connectivity index (χ3v) is 3.69. The monoisotopic (exact) mass is 288 g/mol. The summed E-state index contributed by atoms with van der Waals surface area (Å²) in [5, 5.41) is 4.42. The third-order valence-electron chi connectivity index (χ3n) is 2.87. The Morgan fingerprint density at radius 3 is 2.30 bits per heavy atom. The van der Waals surface area contributed by atoms with Crippen LogP contribution in [0.25, 0.3) is 0 Å². The van der Waals surface area contributed by atoms with Crippen LogP contribution in [-0.4, -0.2) is 32.3 Å². The van der Waals surface area contributed by atoms with E-state index in [2.05, 4.69) is 15.0 Å². The molecule has 1 aliphatic rings. The summed E-state index contributed by atoms with van der Waals surface area (Å²) < 4.78 is 3.64. The van der Waals surface area contributed by atoms with Gasteiger partial charge in [-0.3, -0.25) is 19.8 Å². The molecule has 20 heavy (non-hydrogen) atoms. The second-order valence-electron chi connectivity index (χ2n) is 4.12. The Kier molecular flexibility index (Phi) is 2.79. The molecule has 0 unspecified atom stereocenters. The van der Waals surface area contributed by atoms with E-state index < -0.39 is 17.7 Å². The molecule has 8 heteroatoms. The van der Waals surface area contributed by atoms with E-state index in [4.69, 9.17) is 0 Å². The fraction of sp³-hybridized carbons (Fsp3) is 0.0833. The predicted molar refractivity (Wildman–Crippen MR) is 69.1 cm³/mol. The van der Waals surface area contributed by atoms with Crippen molar-refractivity contribution < 1.29 is 14.4 Å². The molecule has 0 fully saturated rings. The van der Waals surface area contributed by atoms with E-state index in [0.717, 1.165) is 11.5 Å². The van der Waals surface area contributed by atoms with Crippen molar-refractivity contribution in [3.63, 3.8) is 0 Å². The number of nitrogens with zero attached hydrogens (tertiary/aromatic N) is 3. The van der Waals surface area contributed by atoms with Crippen LogP contribution in [0.15, 0.2) is 24.3 Å². The smallest absolute Gasteiger partial charge is 0.267 e. The van der Waals surface area contributed by atoms with Gasteiger partial charge in [-0.1, -0.05) is 16.6 Å². The van der Waals surface area contributed by atoms with Gasteiger partial charge < -0.3 is 0 Å². The zero-order chi connectivity index (χ0) is 14.3. The van der Waals surface area contributed by atoms with Crippen LogP contribution < -0.4 is 5.43 Å². The number of carbonyl (C=O) groups excluding carboxylic acids is 3. The number of carbonyl (C=O) groups is 3. The van der Waals surface area contributed by atoms with Crippen molar-refractivity contribution in [2.75, 3.05) is 0 Å². The van der Waals surface area contributed by atoms with Crippen molar-refractivity contribution in [3.8, 4) is 0 Å². The van der Waals surface area contributed by atoms with E-state index in [9.17, 15) is 14.4 Å². The zero-order valence-electron chi connectivity index (χ0n) is 10.3. The first kappa shape index (κ1) is 12.4. The minimum atomic E-state index is -0.577. The summed E-state index contributed by atoms with van der Waals surface area (Å²) in [6.07, 6.45) is 0. The second-order valence-corrected chi connectivity index (χ2v) is 4.87. The van der Waals surface area contributed by atoms with E-state index in [1.807, 2.05) is 0 Å². The minimum Gasteiger partial charge on any atom is -0.267 e. The molecule has 0 atom stereocenters. The Morgan fingerprint density at radius 2 is 1.80 bits per heavy atom.